The first kappa shape index (κ1) is 15.6. The highest BCUT2D eigenvalue weighted by molar-refractivity contribution is 5.78. The third-order valence-electron chi connectivity index (χ3n) is 5.03. The molecule has 1 unspecified atom stereocenters. The van der Waals surface area contributed by atoms with Gasteiger partial charge in [0.15, 0.2) is 11.5 Å². The minimum absolute atomic E-state index is 0.267. The Morgan fingerprint density at radius 3 is 2.88 bits per heavy atom. The molecule has 0 bridgehead atoms. The molecule has 25 heavy (non-hydrogen) atoms. The third kappa shape index (κ3) is 2.82. The average molecular weight is 333 g/mol. The van der Waals surface area contributed by atoms with Gasteiger partial charge in [0.25, 0.3) is 0 Å². The molecule has 1 atom stereocenters. The molecule has 1 fully saturated rings. The van der Waals surface area contributed by atoms with Crippen LogP contribution in [-0.2, 0) is 4.79 Å². The summed E-state index contributed by atoms with van der Waals surface area (Å²) in [5, 5.41) is 9.35. The van der Waals surface area contributed by atoms with Gasteiger partial charge < -0.3 is 9.80 Å². The molecule has 0 spiro atoms. The van der Waals surface area contributed by atoms with Crippen molar-refractivity contribution < 1.29 is 4.79 Å². The number of amides is 1. The normalized spacial score (nSPS) is 19.2. The molecule has 1 saturated heterocycles. The molecule has 2 aromatic rings. The molecular weight excluding hydrogens is 314 g/mol. The fraction of sp³-hybridized carbons (Fsp3) is 0.368. The van der Waals surface area contributed by atoms with Crippen LogP contribution in [0, 0.1) is 11.3 Å². The summed E-state index contributed by atoms with van der Waals surface area (Å²) in [6.07, 6.45) is 5.73. The van der Waals surface area contributed by atoms with Crippen molar-refractivity contribution in [3.63, 3.8) is 0 Å². The van der Waals surface area contributed by atoms with Crippen molar-refractivity contribution in [1.82, 2.24) is 14.9 Å². The number of likely N-dealkylation sites (tertiary alicyclic amines) is 1. The predicted molar refractivity (Wildman–Crippen MR) is 93.4 cm³/mol. The van der Waals surface area contributed by atoms with Crippen LogP contribution in [0.5, 0.6) is 0 Å². The van der Waals surface area contributed by atoms with Gasteiger partial charge in [-0.1, -0.05) is 18.2 Å². The Balaban J connectivity index is 1.59. The van der Waals surface area contributed by atoms with E-state index < -0.39 is 0 Å². The topological polar surface area (TPSA) is 73.1 Å². The maximum Gasteiger partial charge on any atom is 0.222 e. The highest BCUT2D eigenvalue weighted by atomic mass is 16.2. The fourth-order valence-corrected chi connectivity index (χ4v) is 3.80. The molecule has 2 aliphatic rings. The summed E-state index contributed by atoms with van der Waals surface area (Å²) in [5.41, 5.74) is 2.67. The van der Waals surface area contributed by atoms with E-state index in [0.717, 1.165) is 38.2 Å². The maximum absolute atomic E-state index is 11.9. The monoisotopic (exact) mass is 333 g/mol. The Bertz CT molecular complexity index is 844. The second-order valence-electron chi connectivity index (χ2n) is 6.48. The lowest BCUT2D eigenvalue weighted by Crippen LogP contribution is -2.27. The van der Waals surface area contributed by atoms with Gasteiger partial charge >= 0.3 is 0 Å². The average Bonchev–Trinajstić information content (AvgIpc) is 3.23. The van der Waals surface area contributed by atoms with Crippen LogP contribution in [0.25, 0.3) is 0 Å². The van der Waals surface area contributed by atoms with Gasteiger partial charge in [0.1, 0.15) is 6.07 Å². The van der Waals surface area contributed by atoms with Crippen molar-refractivity contribution in [2.24, 2.45) is 0 Å². The van der Waals surface area contributed by atoms with Crippen LogP contribution in [0.4, 0.5) is 11.5 Å². The van der Waals surface area contributed by atoms with Crippen molar-refractivity contribution in [3.8, 4) is 6.07 Å². The SMILES string of the molecule is N#Cc1nccnc1N1CC(CCN2CCCC2=O)c2ccccc21. The highest BCUT2D eigenvalue weighted by Gasteiger charge is 2.32. The van der Waals surface area contributed by atoms with E-state index in [1.165, 1.54) is 5.56 Å². The summed E-state index contributed by atoms with van der Waals surface area (Å²) < 4.78 is 0. The van der Waals surface area contributed by atoms with Crippen molar-refractivity contribution in [1.29, 1.82) is 5.26 Å². The number of nitriles is 1. The minimum atomic E-state index is 0.267. The lowest BCUT2D eigenvalue weighted by molar-refractivity contribution is -0.127. The summed E-state index contributed by atoms with van der Waals surface area (Å²) in [7, 11) is 0. The zero-order valence-corrected chi connectivity index (χ0v) is 13.9. The van der Waals surface area contributed by atoms with E-state index in [1.807, 2.05) is 17.0 Å². The summed E-state index contributed by atoms with van der Waals surface area (Å²) in [5.74, 6) is 1.19. The minimum Gasteiger partial charge on any atom is -0.343 e. The molecule has 0 saturated carbocycles. The fourth-order valence-electron chi connectivity index (χ4n) is 3.80. The van der Waals surface area contributed by atoms with Gasteiger partial charge in [-0.05, 0) is 24.5 Å². The van der Waals surface area contributed by atoms with Gasteiger partial charge in [-0.2, -0.15) is 5.26 Å². The molecule has 4 rings (SSSR count). The maximum atomic E-state index is 11.9. The molecule has 6 nitrogen and oxygen atoms in total. The third-order valence-corrected chi connectivity index (χ3v) is 5.03. The van der Waals surface area contributed by atoms with E-state index in [1.54, 1.807) is 12.4 Å². The molecule has 2 aliphatic heterocycles. The molecule has 0 radical (unpaired) electrons. The zero-order valence-electron chi connectivity index (χ0n) is 13.9. The Labute approximate surface area is 146 Å². The molecule has 1 aromatic carbocycles. The lowest BCUT2D eigenvalue weighted by Gasteiger charge is -2.20. The van der Waals surface area contributed by atoms with Crippen LogP contribution < -0.4 is 4.90 Å². The standard InChI is InChI=1S/C19H19N5O/c20-12-16-19(22-9-8-21-16)24-13-14(15-4-1-2-5-17(15)24)7-11-23-10-3-6-18(23)25/h1-2,4-5,8-9,14H,3,6-7,10-11,13H2. The number of carbonyl (C=O) groups is 1. The van der Waals surface area contributed by atoms with Gasteiger partial charge in [-0.3, -0.25) is 4.79 Å². The smallest absolute Gasteiger partial charge is 0.222 e. The molecule has 0 aliphatic carbocycles. The van der Waals surface area contributed by atoms with Gasteiger partial charge in [0, 0.05) is 50.1 Å². The number of aromatic nitrogens is 2. The second-order valence-corrected chi connectivity index (χ2v) is 6.48. The summed E-state index contributed by atoms with van der Waals surface area (Å²) in [4.78, 5) is 24.4. The van der Waals surface area contributed by atoms with Gasteiger partial charge in [0.05, 0.1) is 0 Å². The highest BCUT2D eigenvalue weighted by Crippen LogP contribution is 2.42. The van der Waals surface area contributed by atoms with E-state index >= 15 is 0 Å². The van der Waals surface area contributed by atoms with Crippen LogP contribution in [0.1, 0.15) is 36.4 Å². The second kappa shape index (κ2) is 6.52. The first-order valence-corrected chi connectivity index (χ1v) is 8.63. The van der Waals surface area contributed by atoms with Gasteiger partial charge in [-0.15, -0.1) is 0 Å². The number of hydrogen-bond donors (Lipinski definition) is 0. The predicted octanol–water partition coefficient (Wildman–Crippen LogP) is 2.60. The number of fused-ring (bicyclic) bond motifs is 1. The molecular formula is C19H19N5O. The molecule has 1 aromatic heterocycles. The summed E-state index contributed by atoms with van der Waals surface area (Å²) in [6, 6.07) is 10.4. The van der Waals surface area contributed by atoms with Crippen molar-refractivity contribution >= 4 is 17.4 Å². The van der Waals surface area contributed by atoms with Gasteiger partial charge in [-0.25, -0.2) is 9.97 Å². The lowest BCUT2D eigenvalue weighted by atomic mass is 9.98. The van der Waals surface area contributed by atoms with E-state index in [0.29, 0.717) is 23.9 Å². The van der Waals surface area contributed by atoms with E-state index in [9.17, 15) is 10.1 Å². The van der Waals surface area contributed by atoms with Crippen LogP contribution >= 0.6 is 0 Å². The van der Waals surface area contributed by atoms with Gasteiger partial charge in [0.2, 0.25) is 5.91 Å². The molecule has 1 amide bonds. The Morgan fingerprint density at radius 1 is 1.24 bits per heavy atom. The molecule has 3 heterocycles. The first-order chi connectivity index (χ1) is 12.3. The quantitative estimate of drug-likeness (QED) is 0.860. The van der Waals surface area contributed by atoms with Crippen molar-refractivity contribution in [3.05, 3.63) is 47.9 Å². The molecule has 6 heteroatoms. The van der Waals surface area contributed by atoms with Crippen molar-refractivity contribution in [2.45, 2.75) is 25.2 Å². The number of anilines is 2. The summed E-state index contributed by atoms with van der Waals surface area (Å²) >= 11 is 0. The van der Waals surface area contributed by atoms with Crippen LogP contribution in [0.3, 0.4) is 0 Å². The zero-order chi connectivity index (χ0) is 17.2. The number of para-hydroxylation sites is 1. The molecule has 0 N–H and O–H groups in total. The Hall–Kier alpha value is -2.94. The van der Waals surface area contributed by atoms with E-state index in [2.05, 4.69) is 33.1 Å². The van der Waals surface area contributed by atoms with E-state index in [4.69, 9.17) is 0 Å². The molecule has 126 valence electrons. The number of hydrogen-bond acceptors (Lipinski definition) is 5. The Morgan fingerprint density at radius 2 is 2.08 bits per heavy atom. The van der Waals surface area contributed by atoms with Crippen LogP contribution in [0.15, 0.2) is 36.7 Å². The summed E-state index contributed by atoms with van der Waals surface area (Å²) in [6.45, 7) is 2.42. The van der Waals surface area contributed by atoms with E-state index in [-0.39, 0.29) is 5.91 Å². The largest absolute Gasteiger partial charge is 0.343 e. The number of carbonyl (C=O) groups excluding carboxylic acids is 1. The van der Waals surface area contributed by atoms with Crippen LogP contribution in [-0.4, -0.2) is 40.4 Å². The van der Waals surface area contributed by atoms with Crippen molar-refractivity contribution in [2.75, 3.05) is 24.5 Å². The Kier molecular flexibility index (Phi) is 4.06. The number of benzene rings is 1. The first-order valence-electron chi connectivity index (χ1n) is 8.63. The number of nitrogens with zero attached hydrogens (tertiary/aromatic N) is 5. The van der Waals surface area contributed by atoms with Crippen LogP contribution in [0.2, 0.25) is 0 Å². The number of rotatable bonds is 4.